The van der Waals surface area contributed by atoms with Crippen molar-refractivity contribution in [3.05, 3.63) is 93.4 Å². The first-order valence-corrected chi connectivity index (χ1v) is 11.1. The van der Waals surface area contributed by atoms with E-state index < -0.39 is 21.2 Å². The maximum atomic E-state index is 11.2. The Hall–Kier alpha value is -6.12. The van der Waals surface area contributed by atoms with Gasteiger partial charge in [-0.2, -0.15) is 4.98 Å². The highest BCUT2D eigenvalue weighted by molar-refractivity contribution is 5.68. The number of pyridine rings is 1. The molecule has 0 bridgehead atoms. The van der Waals surface area contributed by atoms with Crippen molar-refractivity contribution in [2.24, 2.45) is 0 Å². The number of aromatic nitrogens is 7. The summed E-state index contributed by atoms with van der Waals surface area (Å²) in [5, 5.41) is 34.4. The van der Waals surface area contributed by atoms with E-state index in [4.69, 9.17) is 8.94 Å². The lowest BCUT2D eigenvalue weighted by atomic mass is 10.1. The van der Waals surface area contributed by atoms with Crippen molar-refractivity contribution in [1.29, 1.82) is 0 Å². The van der Waals surface area contributed by atoms with Gasteiger partial charge < -0.3 is 13.9 Å². The quantitative estimate of drug-likeness (QED) is 0.223. The average Bonchev–Trinajstić information content (AvgIpc) is 3.74. The lowest BCUT2D eigenvalue weighted by Gasteiger charge is -1.99. The van der Waals surface area contributed by atoms with E-state index in [0.29, 0.717) is 23.0 Å². The minimum atomic E-state index is -0.731. The van der Waals surface area contributed by atoms with Crippen LogP contribution in [0.15, 0.2) is 82.1 Å². The Morgan fingerprint density at radius 3 is 2.10 bits per heavy atom. The molecule has 4 heterocycles. The average molecular weight is 523 g/mol. The molecule has 0 radical (unpaired) electrons. The fraction of sp³-hybridized carbons (Fsp3) is 0. The van der Waals surface area contributed by atoms with Crippen molar-refractivity contribution < 1.29 is 18.8 Å². The number of nitro benzene ring substituents is 2. The molecule has 0 saturated carbocycles. The Morgan fingerprint density at radius 1 is 0.744 bits per heavy atom. The van der Waals surface area contributed by atoms with Gasteiger partial charge in [0.25, 0.3) is 23.2 Å². The van der Waals surface area contributed by atoms with Gasteiger partial charge in [-0.1, -0.05) is 29.4 Å². The molecule has 4 aromatic heterocycles. The van der Waals surface area contributed by atoms with Crippen LogP contribution >= 0.6 is 0 Å². The number of H-pyrrole nitrogens is 1. The van der Waals surface area contributed by atoms with Gasteiger partial charge >= 0.3 is 0 Å². The van der Waals surface area contributed by atoms with E-state index in [9.17, 15) is 20.2 Å². The first kappa shape index (κ1) is 23.3. The van der Waals surface area contributed by atoms with Gasteiger partial charge in [0.05, 0.1) is 27.7 Å². The Balaban J connectivity index is 1.22. The Bertz CT molecular complexity index is 1790. The summed E-state index contributed by atoms with van der Waals surface area (Å²) in [7, 11) is 0. The van der Waals surface area contributed by atoms with E-state index in [1.807, 2.05) is 0 Å². The maximum Gasteiger partial charge on any atom is 0.277 e. The standard InChI is InChI=1S/C24H13N9O6/c34-32(35)17-9-16(10-18(11-17)33(36)37)22-28-21(31-39-22)14-3-1-13(2-4-14)20-26-12-19(27-20)24-30-29-23(38-24)15-5-7-25-8-6-15/h1-12H,(H,26,27). The van der Waals surface area contributed by atoms with Crippen LogP contribution in [-0.2, 0) is 0 Å². The molecule has 15 heteroatoms. The van der Waals surface area contributed by atoms with Gasteiger partial charge in [0.1, 0.15) is 11.5 Å². The number of aromatic amines is 1. The summed E-state index contributed by atoms with van der Waals surface area (Å²) in [6, 6.07) is 13.7. The first-order chi connectivity index (χ1) is 18.9. The van der Waals surface area contributed by atoms with Crippen molar-refractivity contribution in [3.63, 3.8) is 0 Å². The third-order valence-corrected chi connectivity index (χ3v) is 5.57. The van der Waals surface area contributed by atoms with Gasteiger partial charge in [-0.25, -0.2) is 4.98 Å². The molecule has 0 amide bonds. The first-order valence-electron chi connectivity index (χ1n) is 11.1. The summed E-state index contributed by atoms with van der Waals surface area (Å²) >= 11 is 0. The highest BCUT2D eigenvalue weighted by atomic mass is 16.6. The molecule has 0 fully saturated rings. The molecule has 0 spiro atoms. The lowest BCUT2D eigenvalue weighted by Crippen LogP contribution is -1.94. The van der Waals surface area contributed by atoms with E-state index in [2.05, 4.69) is 35.3 Å². The number of rotatable bonds is 7. The topological polar surface area (TPSA) is 206 Å². The predicted octanol–water partition coefficient (Wildman–Crippen LogP) is 4.72. The van der Waals surface area contributed by atoms with Gasteiger partial charge in [-0.05, 0) is 12.1 Å². The number of hydrogen-bond acceptors (Lipinski definition) is 12. The molecule has 0 aliphatic rings. The van der Waals surface area contributed by atoms with Crippen LogP contribution in [0.5, 0.6) is 0 Å². The van der Waals surface area contributed by atoms with E-state index in [1.165, 1.54) is 0 Å². The second kappa shape index (κ2) is 9.40. The van der Waals surface area contributed by atoms with Gasteiger partial charge in [-0.15, -0.1) is 10.2 Å². The molecule has 39 heavy (non-hydrogen) atoms. The second-order valence-electron chi connectivity index (χ2n) is 8.05. The van der Waals surface area contributed by atoms with Gasteiger partial charge in [0, 0.05) is 41.2 Å². The van der Waals surface area contributed by atoms with Gasteiger partial charge in [-0.3, -0.25) is 25.2 Å². The summed E-state index contributed by atoms with van der Waals surface area (Å²) in [6.45, 7) is 0. The molecule has 15 nitrogen and oxygen atoms in total. The summed E-state index contributed by atoms with van der Waals surface area (Å²) in [4.78, 5) is 36.6. The van der Waals surface area contributed by atoms with E-state index in [-0.39, 0.29) is 23.2 Å². The third kappa shape index (κ3) is 4.57. The summed E-state index contributed by atoms with van der Waals surface area (Å²) in [5.41, 5.74) is 1.74. The molecule has 0 unspecified atom stereocenters. The van der Waals surface area contributed by atoms with E-state index in [0.717, 1.165) is 29.3 Å². The van der Waals surface area contributed by atoms with Crippen molar-refractivity contribution >= 4 is 11.4 Å². The number of hydrogen-bond donors (Lipinski definition) is 1. The highest BCUT2D eigenvalue weighted by Gasteiger charge is 2.21. The molecule has 6 aromatic rings. The maximum absolute atomic E-state index is 11.2. The van der Waals surface area contributed by atoms with Crippen molar-refractivity contribution in [2.45, 2.75) is 0 Å². The Labute approximate surface area is 216 Å². The monoisotopic (exact) mass is 523 g/mol. The van der Waals surface area contributed by atoms with Crippen LogP contribution in [0.4, 0.5) is 11.4 Å². The predicted molar refractivity (Wildman–Crippen MR) is 133 cm³/mol. The van der Waals surface area contributed by atoms with Crippen LogP contribution in [0.2, 0.25) is 0 Å². The zero-order chi connectivity index (χ0) is 26.9. The molecular formula is C24H13N9O6. The van der Waals surface area contributed by atoms with Crippen LogP contribution in [0.1, 0.15) is 0 Å². The van der Waals surface area contributed by atoms with E-state index >= 15 is 0 Å². The fourth-order valence-corrected chi connectivity index (χ4v) is 3.68. The van der Waals surface area contributed by atoms with Gasteiger partial charge in [0.2, 0.25) is 11.7 Å². The van der Waals surface area contributed by atoms with Crippen molar-refractivity contribution in [1.82, 2.24) is 35.3 Å². The number of non-ortho nitro benzene ring substituents is 2. The number of imidazole rings is 1. The third-order valence-electron chi connectivity index (χ3n) is 5.57. The Kier molecular flexibility index (Phi) is 5.61. The van der Waals surface area contributed by atoms with Crippen LogP contribution in [-0.4, -0.2) is 45.1 Å². The van der Waals surface area contributed by atoms with Crippen LogP contribution < -0.4 is 0 Å². The van der Waals surface area contributed by atoms with Gasteiger partial charge in [0.15, 0.2) is 0 Å². The van der Waals surface area contributed by atoms with Crippen LogP contribution in [0, 0.1) is 20.2 Å². The second-order valence-corrected chi connectivity index (χ2v) is 8.05. The normalized spacial score (nSPS) is 11.0. The number of nitrogens with one attached hydrogen (secondary N) is 1. The summed E-state index contributed by atoms with van der Waals surface area (Å²) in [5.74, 6) is 1.28. The zero-order valence-corrected chi connectivity index (χ0v) is 19.5. The number of benzene rings is 2. The molecule has 1 N–H and O–H groups in total. The molecular weight excluding hydrogens is 510 g/mol. The smallest absolute Gasteiger partial charge is 0.277 e. The largest absolute Gasteiger partial charge is 0.415 e. The van der Waals surface area contributed by atoms with Crippen molar-refractivity contribution in [3.8, 4) is 57.3 Å². The minimum Gasteiger partial charge on any atom is -0.415 e. The minimum absolute atomic E-state index is 0.0579. The van der Waals surface area contributed by atoms with Crippen LogP contribution in [0.25, 0.3) is 57.3 Å². The molecule has 0 aliphatic heterocycles. The van der Waals surface area contributed by atoms with E-state index in [1.54, 1.807) is 55.0 Å². The lowest BCUT2D eigenvalue weighted by molar-refractivity contribution is -0.394. The number of nitrogens with zero attached hydrogens (tertiary/aromatic N) is 8. The highest BCUT2D eigenvalue weighted by Crippen LogP contribution is 2.31. The van der Waals surface area contributed by atoms with Crippen molar-refractivity contribution in [2.75, 3.05) is 0 Å². The molecule has 0 saturated heterocycles. The fourth-order valence-electron chi connectivity index (χ4n) is 3.68. The molecule has 190 valence electrons. The van der Waals surface area contributed by atoms with Crippen LogP contribution in [0.3, 0.4) is 0 Å². The molecule has 6 rings (SSSR count). The number of nitro groups is 2. The summed E-state index contributed by atoms with van der Waals surface area (Å²) < 4.78 is 11.0. The SMILES string of the molecule is O=[N+]([O-])c1cc(-c2nc(-c3ccc(-c4ncc(-c5nnc(-c6ccncc6)o5)[nH]4)cc3)no2)cc([N+](=O)[O-])c1. The zero-order valence-electron chi connectivity index (χ0n) is 19.5. The molecule has 2 aromatic carbocycles. The Morgan fingerprint density at radius 2 is 1.41 bits per heavy atom. The molecule has 0 atom stereocenters. The summed E-state index contributed by atoms with van der Waals surface area (Å²) in [6.07, 6.45) is 4.84. The molecule has 0 aliphatic carbocycles.